The van der Waals surface area contributed by atoms with Crippen molar-refractivity contribution in [1.82, 2.24) is 0 Å². The van der Waals surface area contributed by atoms with Crippen LogP contribution in [0.4, 0.5) is 5.69 Å². The lowest BCUT2D eigenvalue weighted by molar-refractivity contribution is -0.118. The number of nitrogens with zero attached hydrogens (tertiary/aromatic N) is 2. The maximum atomic E-state index is 13.6. The summed E-state index contributed by atoms with van der Waals surface area (Å²) in [7, 11) is 0. The molecular formula is C24H24ClN3OS2. The number of hydrogen-bond donors (Lipinski definition) is 1. The van der Waals surface area contributed by atoms with E-state index in [0.717, 1.165) is 21.2 Å². The molecule has 0 saturated heterocycles. The molecule has 0 saturated carbocycles. The number of nitriles is 1. The molecule has 1 atom stereocenters. The minimum absolute atomic E-state index is 0.0761. The summed E-state index contributed by atoms with van der Waals surface area (Å²) in [6.45, 7) is 6.29. The molecule has 4 nitrogen and oxygen atoms in total. The van der Waals surface area contributed by atoms with Crippen molar-refractivity contribution in [3.05, 3.63) is 69.0 Å². The Morgan fingerprint density at radius 1 is 1.32 bits per heavy atom. The van der Waals surface area contributed by atoms with Crippen LogP contribution in [0.25, 0.3) is 0 Å². The first kappa shape index (κ1) is 22.0. The van der Waals surface area contributed by atoms with Crippen molar-refractivity contribution >= 4 is 46.2 Å². The molecule has 2 aliphatic rings. The molecule has 2 aromatic rings. The van der Waals surface area contributed by atoms with E-state index in [2.05, 4.69) is 26.8 Å². The summed E-state index contributed by atoms with van der Waals surface area (Å²) < 4.78 is 1.13. The maximum absolute atomic E-state index is 13.6. The molecule has 2 heterocycles. The van der Waals surface area contributed by atoms with Gasteiger partial charge in [0.15, 0.2) is 5.78 Å². The number of benzene rings is 1. The van der Waals surface area contributed by atoms with Gasteiger partial charge in [-0.1, -0.05) is 44.5 Å². The minimum atomic E-state index is -0.442. The number of ketones is 1. The third-order valence-corrected chi connectivity index (χ3v) is 8.19. The first-order valence-electron chi connectivity index (χ1n) is 10.2. The predicted octanol–water partition coefficient (Wildman–Crippen LogP) is 6.45. The maximum Gasteiger partial charge on any atom is 0.162 e. The third-order valence-electron chi connectivity index (χ3n) is 5.72. The van der Waals surface area contributed by atoms with Gasteiger partial charge in [-0.3, -0.25) is 9.69 Å². The van der Waals surface area contributed by atoms with Crippen LogP contribution in [0.5, 0.6) is 0 Å². The second kappa shape index (κ2) is 8.38. The minimum Gasteiger partial charge on any atom is -0.384 e. The number of thiophene rings is 1. The van der Waals surface area contributed by atoms with Gasteiger partial charge in [0.2, 0.25) is 0 Å². The van der Waals surface area contributed by atoms with Crippen LogP contribution < -0.4 is 10.6 Å². The molecule has 1 aliphatic carbocycles. The van der Waals surface area contributed by atoms with Crippen molar-refractivity contribution in [3.63, 3.8) is 0 Å². The molecule has 160 valence electrons. The summed E-state index contributed by atoms with van der Waals surface area (Å²) in [4.78, 5) is 15.4. The van der Waals surface area contributed by atoms with Crippen molar-refractivity contribution in [2.75, 3.05) is 10.7 Å². The Hall–Kier alpha value is -2.20. The van der Waals surface area contributed by atoms with Gasteiger partial charge in [0.25, 0.3) is 0 Å². The molecule has 1 aliphatic heterocycles. The molecule has 1 unspecified atom stereocenters. The Morgan fingerprint density at radius 2 is 2.06 bits per heavy atom. The topological polar surface area (TPSA) is 70.1 Å². The zero-order valence-electron chi connectivity index (χ0n) is 17.7. The number of Topliss-reactive ketones (excluding diaryl/α,β-unsaturated/α-hetero) is 1. The van der Waals surface area contributed by atoms with E-state index in [1.165, 1.54) is 0 Å². The smallest absolute Gasteiger partial charge is 0.162 e. The van der Waals surface area contributed by atoms with Crippen LogP contribution in [0.2, 0.25) is 5.02 Å². The molecule has 7 heteroatoms. The molecule has 2 N–H and O–H groups in total. The monoisotopic (exact) mass is 469 g/mol. The molecule has 1 aromatic heterocycles. The summed E-state index contributed by atoms with van der Waals surface area (Å²) >= 11 is 9.92. The fourth-order valence-corrected chi connectivity index (χ4v) is 6.78. The number of thioether (sulfide) groups is 1. The first-order chi connectivity index (χ1) is 14.8. The standard InChI is InChI=1S/C24H24ClN3OS2/c1-4-30-23-14(9-10-31-23)20-15(13-26)22(27)28(17-8-6-5-7-16(17)25)18-11-24(2,3)12-19(29)21(18)20/h5-10,20H,4,11-12,27H2,1-3H3. The van der Waals surface area contributed by atoms with Gasteiger partial charge >= 0.3 is 0 Å². The van der Waals surface area contributed by atoms with Crippen LogP contribution in [0.15, 0.2) is 62.6 Å². The van der Waals surface area contributed by atoms with Crippen molar-refractivity contribution in [2.45, 2.75) is 43.7 Å². The van der Waals surface area contributed by atoms with Crippen LogP contribution in [0.3, 0.4) is 0 Å². The zero-order chi connectivity index (χ0) is 22.3. The van der Waals surface area contributed by atoms with E-state index in [9.17, 15) is 10.1 Å². The zero-order valence-corrected chi connectivity index (χ0v) is 20.1. The number of anilines is 1. The second-order valence-corrected chi connectivity index (χ2v) is 11.4. The summed E-state index contributed by atoms with van der Waals surface area (Å²) in [6.07, 6.45) is 1.12. The van der Waals surface area contributed by atoms with Crippen LogP contribution in [-0.4, -0.2) is 11.5 Å². The van der Waals surface area contributed by atoms with Crippen LogP contribution in [-0.2, 0) is 4.79 Å². The van der Waals surface area contributed by atoms with Crippen LogP contribution in [0, 0.1) is 16.7 Å². The molecule has 4 rings (SSSR count). The lowest BCUT2D eigenvalue weighted by Crippen LogP contribution is -2.42. The molecule has 31 heavy (non-hydrogen) atoms. The molecule has 0 bridgehead atoms. The van der Waals surface area contributed by atoms with Crippen LogP contribution >= 0.6 is 34.7 Å². The SMILES string of the molecule is CCSc1sccc1C1C(C#N)=C(N)N(c2ccccc2Cl)C2=C1C(=O)CC(C)(C)C2. The molecule has 1 aromatic carbocycles. The van der Waals surface area contributed by atoms with Gasteiger partial charge in [-0.25, -0.2) is 0 Å². The van der Waals surface area contributed by atoms with E-state index >= 15 is 0 Å². The predicted molar refractivity (Wildman–Crippen MR) is 129 cm³/mol. The normalized spacial score (nSPS) is 20.7. The summed E-state index contributed by atoms with van der Waals surface area (Å²) in [6, 6.07) is 11.8. The number of carbonyl (C=O) groups is 1. The van der Waals surface area contributed by atoms with E-state index in [-0.39, 0.29) is 11.2 Å². The van der Waals surface area contributed by atoms with Crippen molar-refractivity contribution in [2.24, 2.45) is 11.1 Å². The Morgan fingerprint density at radius 3 is 2.74 bits per heavy atom. The highest BCUT2D eigenvalue weighted by Crippen LogP contribution is 2.52. The van der Waals surface area contributed by atoms with Gasteiger partial charge in [0.1, 0.15) is 5.82 Å². The number of para-hydroxylation sites is 1. The van der Waals surface area contributed by atoms with E-state index < -0.39 is 5.92 Å². The highest BCUT2D eigenvalue weighted by molar-refractivity contribution is 8.01. The van der Waals surface area contributed by atoms with Crippen LogP contribution in [0.1, 0.15) is 45.1 Å². The average Bonchev–Trinajstić information content (AvgIpc) is 3.15. The fraction of sp³-hybridized carbons (Fsp3) is 0.333. The number of halogens is 1. The Bertz CT molecular complexity index is 1160. The van der Waals surface area contributed by atoms with Gasteiger partial charge < -0.3 is 5.73 Å². The lowest BCUT2D eigenvalue weighted by atomic mass is 9.69. The molecule has 0 amide bonds. The molecule has 0 fully saturated rings. The van der Waals surface area contributed by atoms with E-state index in [1.54, 1.807) is 29.2 Å². The van der Waals surface area contributed by atoms with Crippen molar-refractivity contribution in [3.8, 4) is 6.07 Å². The highest BCUT2D eigenvalue weighted by atomic mass is 35.5. The number of hydrogen-bond acceptors (Lipinski definition) is 6. The van der Waals surface area contributed by atoms with Gasteiger partial charge in [-0.15, -0.1) is 23.1 Å². The number of nitrogens with two attached hydrogens (primary N) is 1. The lowest BCUT2D eigenvalue weighted by Gasteiger charge is -2.44. The summed E-state index contributed by atoms with van der Waals surface area (Å²) in [5.74, 6) is 0.901. The van der Waals surface area contributed by atoms with Gasteiger partial charge in [-0.2, -0.15) is 5.26 Å². The number of carbonyl (C=O) groups excluding carboxylic acids is 1. The molecule has 0 radical (unpaired) electrons. The van der Waals surface area contributed by atoms with Gasteiger partial charge in [-0.05, 0) is 46.7 Å². The van der Waals surface area contributed by atoms with Gasteiger partial charge in [0.05, 0.1) is 32.5 Å². The fourth-order valence-electron chi connectivity index (χ4n) is 4.50. The number of allylic oxidation sites excluding steroid dienone is 3. The largest absolute Gasteiger partial charge is 0.384 e. The number of rotatable bonds is 4. The Labute approximate surface area is 196 Å². The van der Waals surface area contributed by atoms with E-state index in [1.807, 2.05) is 34.5 Å². The first-order valence-corrected chi connectivity index (χ1v) is 12.4. The van der Waals surface area contributed by atoms with Crippen molar-refractivity contribution in [1.29, 1.82) is 5.26 Å². The quantitative estimate of drug-likeness (QED) is 0.520. The molecular weight excluding hydrogens is 446 g/mol. The average molecular weight is 470 g/mol. The van der Waals surface area contributed by atoms with Crippen molar-refractivity contribution < 1.29 is 4.79 Å². The summed E-state index contributed by atoms with van der Waals surface area (Å²) in [5, 5.41) is 12.7. The third kappa shape index (κ3) is 3.80. The van der Waals surface area contributed by atoms with E-state index in [4.69, 9.17) is 17.3 Å². The Balaban J connectivity index is 2.01. The molecule has 0 spiro atoms. The summed E-state index contributed by atoms with van der Waals surface area (Å²) in [5.41, 5.74) is 10.1. The second-order valence-electron chi connectivity index (χ2n) is 8.53. The van der Waals surface area contributed by atoms with Gasteiger partial charge in [0, 0.05) is 17.7 Å². The Kier molecular flexibility index (Phi) is 5.95. The van der Waals surface area contributed by atoms with E-state index in [0.29, 0.717) is 40.5 Å². The highest BCUT2D eigenvalue weighted by Gasteiger charge is 2.45.